The molecular weight excluding hydrogens is 431 g/mol. The van der Waals surface area contributed by atoms with Crippen LogP contribution in [0.1, 0.15) is 13.8 Å². The number of aliphatic imine (C=N–C) groups is 1. The molecule has 1 unspecified atom stereocenters. The number of anilines is 1. The number of rotatable bonds is 6. The first-order valence-electron chi connectivity index (χ1n) is 8.71. The van der Waals surface area contributed by atoms with Crippen molar-refractivity contribution >= 4 is 35.6 Å². The average molecular weight is 462 g/mol. The number of nitrogens with one attached hydrogen (secondary N) is 1. The smallest absolute Gasteiger partial charge is 0.194 e. The zero-order valence-corrected chi connectivity index (χ0v) is 17.8. The number of nitrogens with zero attached hydrogens (tertiary/aromatic N) is 3. The van der Waals surface area contributed by atoms with E-state index in [0.717, 1.165) is 44.4 Å². The van der Waals surface area contributed by atoms with Gasteiger partial charge in [0.2, 0.25) is 0 Å². The van der Waals surface area contributed by atoms with Crippen molar-refractivity contribution in [3.63, 3.8) is 0 Å². The highest BCUT2D eigenvalue weighted by Gasteiger charge is 2.20. The van der Waals surface area contributed by atoms with Crippen LogP contribution in [-0.2, 0) is 0 Å². The van der Waals surface area contributed by atoms with Gasteiger partial charge >= 0.3 is 0 Å². The first-order valence-corrected chi connectivity index (χ1v) is 8.71. The molecule has 7 heteroatoms. The van der Waals surface area contributed by atoms with Crippen LogP contribution in [-0.4, -0.2) is 69.0 Å². The molecule has 0 saturated carbocycles. The molecule has 0 spiro atoms. The SMILES string of the molecule is CCNC(=NCC(C)CO)N1CCN(c2cccc(OC)c2)CC1.I. The lowest BCUT2D eigenvalue weighted by Crippen LogP contribution is -2.52. The van der Waals surface area contributed by atoms with Crippen LogP contribution in [0.2, 0.25) is 0 Å². The summed E-state index contributed by atoms with van der Waals surface area (Å²) in [4.78, 5) is 9.34. The summed E-state index contributed by atoms with van der Waals surface area (Å²) in [7, 11) is 1.70. The Bertz CT molecular complexity index is 534. The minimum absolute atomic E-state index is 0. The van der Waals surface area contributed by atoms with E-state index in [1.165, 1.54) is 5.69 Å². The minimum atomic E-state index is 0. The van der Waals surface area contributed by atoms with Crippen molar-refractivity contribution in [2.24, 2.45) is 10.9 Å². The minimum Gasteiger partial charge on any atom is -0.497 e. The van der Waals surface area contributed by atoms with Crippen molar-refractivity contribution < 1.29 is 9.84 Å². The third kappa shape index (κ3) is 6.54. The van der Waals surface area contributed by atoms with E-state index in [1.54, 1.807) is 7.11 Å². The highest BCUT2D eigenvalue weighted by Crippen LogP contribution is 2.22. The van der Waals surface area contributed by atoms with Crippen LogP contribution >= 0.6 is 24.0 Å². The molecule has 1 saturated heterocycles. The second kappa shape index (κ2) is 11.4. The number of hydrogen-bond acceptors (Lipinski definition) is 4. The summed E-state index contributed by atoms with van der Waals surface area (Å²) in [6.07, 6.45) is 0. The summed E-state index contributed by atoms with van der Waals surface area (Å²) in [6, 6.07) is 8.21. The van der Waals surface area contributed by atoms with Gasteiger partial charge in [0.15, 0.2) is 5.96 Å². The molecule has 1 aliphatic heterocycles. The van der Waals surface area contributed by atoms with Crippen molar-refractivity contribution in [1.29, 1.82) is 0 Å². The Morgan fingerprint density at radius 2 is 2.04 bits per heavy atom. The van der Waals surface area contributed by atoms with Crippen molar-refractivity contribution in [3.05, 3.63) is 24.3 Å². The normalized spacial score (nSPS) is 16.2. The quantitative estimate of drug-likeness (QED) is 0.385. The Morgan fingerprint density at radius 3 is 2.64 bits per heavy atom. The Hall–Kier alpha value is -1.22. The maximum atomic E-state index is 9.17. The molecule has 0 aromatic heterocycles. The van der Waals surface area contributed by atoms with E-state index >= 15 is 0 Å². The van der Waals surface area contributed by atoms with Gasteiger partial charge in [-0.2, -0.15) is 0 Å². The van der Waals surface area contributed by atoms with E-state index in [1.807, 2.05) is 19.1 Å². The van der Waals surface area contributed by atoms with E-state index < -0.39 is 0 Å². The van der Waals surface area contributed by atoms with Gasteiger partial charge in [-0.15, -0.1) is 24.0 Å². The van der Waals surface area contributed by atoms with Gasteiger partial charge in [-0.25, -0.2) is 0 Å². The predicted octanol–water partition coefficient (Wildman–Crippen LogP) is 2.03. The van der Waals surface area contributed by atoms with Gasteiger partial charge in [0.25, 0.3) is 0 Å². The Kier molecular flexibility index (Phi) is 9.96. The standard InChI is InChI=1S/C18H30N4O2.HI/c1-4-19-18(20-13-15(2)14-23)22-10-8-21(9-11-22)16-6-5-7-17(12-16)24-3;/h5-7,12,15,23H,4,8-11,13-14H2,1-3H3,(H,19,20);1H. The van der Waals surface area contributed by atoms with Crippen molar-refractivity contribution in [1.82, 2.24) is 10.2 Å². The molecule has 1 aromatic carbocycles. The van der Waals surface area contributed by atoms with Gasteiger partial charge in [0.05, 0.1) is 7.11 Å². The van der Waals surface area contributed by atoms with Crippen LogP contribution in [0.25, 0.3) is 0 Å². The van der Waals surface area contributed by atoms with Crippen LogP contribution in [0, 0.1) is 5.92 Å². The molecule has 1 atom stereocenters. The summed E-state index contributed by atoms with van der Waals surface area (Å²) in [5.74, 6) is 2.03. The molecule has 1 fully saturated rings. The molecule has 6 nitrogen and oxygen atoms in total. The number of benzene rings is 1. The summed E-state index contributed by atoms with van der Waals surface area (Å²) in [5.41, 5.74) is 1.20. The highest BCUT2D eigenvalue weighted by molar-refractivity contribution is 14.0. The molecule has 142 valence electrons. The Morgan fingerprint density at radius 1 is 1.32 bits per heavy atom. The Labute approximate surface area is 168 Å². The lowest BCUT2D eigenvalue weighted by Gasteiger charge is -2.37. The first-order chi connectivity index (χ1) is 11.7. The molecule has 0 aliphatic carbocycles. The summed E-state index contributed by atoms with van der Waals surface area (Å²) in [6.45, 7) is 9.52. The van der Waals surface area contributed by atoms with E-state index in [0.29, 0.717) is 6.54 Å². The molecule has 2 rings (SSSR count). The fraction of sp³-hybridized carbons (Fsp3) is 0.611. The number of halogens is 1. The van der Waals surface area contributed by atoms with Crippen LogP contribution in [0.5, 0.6) is 5.75 Å². The van der Waals surface area contributed by atoms with Crippen molar-refractivity contribution in [2.45, 2.75) is 13.8 Å². The molecule has 1 heterocycles. The lowest BCUT2D eigenvalue weighted by molar-refractivity contribution is 0.241. The number of guanidine groups is 1. The monoisotopic (exact) mass is 462 g/mol. The third-order valence-corrected chi connectivity index (χ3v) is 4.20. The summed E-state index contributed by atoms with van der Waals surface area (Å²) in [5, 5.41) is 12.5. The summed E-state index contributed by atoms with van der Waals surface area (Å²) >= 11 is 0. The number of methoxy groups -OCH3 is 1. The van der Waals surface area contributed by atoms with Crippen molar-refractivity contribution in [3.8, 4) is 5.75 Å². The Balaban J connectivity index is 0.00000312. The van der Waals surface area contributed by atoms with Gasteiger partial charge in [0.1, 0.15) is 5.75 Å². The fourth-order valence-corrected chi connectivity index (χ4v) is 2.71. The molecular formula is C18H31IN4O2. The molecule has 1 aromatic rings. The average Bonchev–Trinajstić information content (AvgIpc) is 2.65. The zero-order chi connectivity index (χ0) is 17.4. The van der Waals surface area contributed by atoms with Crippen LogP contribution in [0.4, 0.5) is 5.69 Å². The zero-order valence-electron chi connectivity index (χ0n) is 15.4. The van der Waals surface area contributed by atoms with E-state index in [4.69, 9.17) is 4.74 Å². The summed E-state index contributed by atoms with van der Waals surface area (Å²) < 4.78 is 5.32. The number of aliphatic hydroxyl groups excluding tert-OH is 1. The second-order valence-corrected chi connectivity index (χ2v) is 6.16. The maximum absolute atomic E-state index is 9.17. The van der Waals surface area contributed by atoms with Crippen LogP contribution in [0.15, 0.2) is 29.3 Å². The molecule has 2 N–H and O–H groups in total. The predicted molar refractivity (Wildman–Crippen MR) is 114 cm³/mol. The lowest BCUT2D eigenvalue weighted by atomic mass is 10.2. The van der Waals surface area contributed by atoms with Gasteiger partial charge in [-0.05, 0) is 25.0 Å². The van der Waals surface area contributed by atoms with Crippen molar-refractivity contribution in [2.75, 3.05) is 57.9 Å². The molecule has 0 radical (unpaired) electrons. The number of aliphatic hydroxyl groups is 1. The molecule has 1 aliphatic rings. The molecule has 0 bridgehead atoms. The molecule has 25 heavy (non-hydrogen) atoms. The van der Waals surface area contributed by atoms with Gasteiger partial charge in [-0.1, -0.05) is 13.0 Å². The van der Waals surface area contributed by atoms with E-state index in [-0.39, 0.29) is 36.5 Å². The van der Waals surface area contributed by atoms with E-state index in [2.05, 4.69) is 39.2 Å². The van der Waals surface area contributed by atoms with Gasteiger partial charge in [-0.3, -0.25) is 4.99 Å². The fourth-order valence-electron chi connectivity index (χ4n) is 2.71. The second-order valence-electron chi connectivity index (χ2n) is 6.16. The number of hydrogen-bond donors (Lipinski definition) is 2. The maximum Gasteiger partial charge on any atom is 0.194 e. The number of ether oxygens (including phenoxy) is 1. The third-order valence-electron chi connectivity index (χ3n) is 4.20. The highest BCUT2D eigenvalue weighted by atomic mass is 127. The largest absolute Gasteiger partial charge is 0.497 e. The van der Waals surface area contributed by atoms with Crippen LogP contribution in [0.3, 0.4) is 0 Å². The molecule has 0 amide bonds. The van der Waals surface area contributed by atoms with Crippen LogP contribution < -0.4 is 15.0 Å². The topological polar surface area (TPSA) is 60.3 Å². The van der Waals surface area contributed by atoms with Gasteiger partial charge < -0.3 is 25.0 Å². The first kappa shape index (κ1) is 21.8. The van der Waals surface area contributed by atoms with E-state index in [9.17, 15) is 5.11 Å². The van der Waals surface area contributed by atoms with Gasteiger partial charge in [0, 0.05) is 57.6 Å². The number of piperazine rings is 1.